The third kappa shape index (κ3) is 2.92. The van der Waals surface area contributed by atoms with Gasteiger partial charge in [0.05, 0.1) is 11.7 Å². The number of hydrogen-bond acceptors (Lipinski definition) is 3. The monoisotopic (exact) mass is 272 g/mol. The topological polar surface area (TPSA) is 55.9 Å². The van der Waals surface area contributed by atoms with Gasteiger partial charge in [0, 0.05) is 18.8 Å². The summed E-state index contributed by atoms with van der Waals surface area (Å²) in [6, 6.07) is 6.50. The van der Waals surface area contributed by atoms with Crippen LogP contribution in [-0.4, -0.2) is 9.78 Å². The molecule has 0 aliphatic heterocycles. The molecule has 0 spiro atoms. The lowest BCUT2D eigenvalue weighted by Crippen LogP contribution is -2.30. The number of rotatable bonds is 5. The number of benzene rings is 1. The van der Waals surface area contributed by atoms with Crippen molar-refractivity contribution in [1.82, 2.24) is 15.2 Å². The van der Waals surface area contributed by atoms with Gasteiger partial charge in [-0.25, -0.2) is 0 Å². The van der Waals surface area contributed by atoms with Crippen LogP contribution in [0.15, 0.2) is 24.4 Å². The molecule has 0 fully saturated rings. The molecule has 0 aliphatic rings. The van der Waals surface area contributed by atoms with E-state index in [1.165, 1.54) is 22.3 Å². The van der Waals surface area contributed by atoms with E-state index in [0.29, 0.717) is 0 Å². The fourth-order valence-electron chi connectivity index (χ4n) is 2.75. The molecule has 0 bridgehead atoms. The van der Waals surface area contributed by atoms with E-state index in [4.69, 9.17) is 5.84 Å². The Balaban J connectivity index is 2.33. The Morgan fingerprint density at radius 1 is 1.30 bits per heavy atom. The van der Waals surface area contributed by atoms with Gasteiger partial charge in [-0.2, -0.15) is 5.10 Å². The highest BCUT2D eigenvalue weighted by Crippen LogP contribution is 2.24. The molecule has 4 heteroatoms. The maximum Gasteiger partial charge on any atom is 0.0670 e. The van der Waals surface area contributed by atoms with Crippen LogP contribution in [0.5, 0.6) is 0 Å². The largest absolute Gasteiger partial charge is 0.275 e. The molecular formula is C16H24N4. The average molecular weight is 272 g/mol. The molecule has 1 unspecified atom stereocenters. The van der Waals surface area contributed by atoms with Crippen molar-refractivity contribution >= 4 is 0 Å². The van der Waals surface area contributed by atoms with Crippen molar-refractivity contribution in [2.75, 3.05) is 0 Å². The first-order valence-electron chi connectivity index (χ1n) is 7.10. The summed E-state index contributed by atoms with van der Waals surface area (Å²) in [5, 5.41) is 4.51. The van der Waals surface area contributed by atoms with E-state index in [1.807, 2.05) is 11.7 Å². The Hall–Kier alpha value is -1.65. The summed E-state index contributed by atoms with van der Waals surface area (Å²) in [6.45, 7) is 6.43. The Morgan fingerprint density at radius 3 is 2.50 bits per heavy atom. The van der Waals surface area contributed by atoms with Gasteiger partial charge in [0.1, 0.15) is 0 Å². The first-order chi connectivity index (χ1) is 9.56. The van der Waals surface area contributed by atoms with Gasteiger partial charge < -0.3 is 0 Å². The Bertz CT molecular complexity index is 566. The first kappa shape index (κ1) is 14.8. The zero-order valence-electron chi connectivity index (χ0n) is 12.8. The van der Waals surface area contributed by atoms with Gasteiger partial charge >= 0.3 is 0 Å². The molecule has 1 aromatic heterocycles. The zero-order valence-corrected chi connectivity index (χ0v) is 12.8. The van der Waals surface area contributed by atoms with E-state index in [0.717, 1.165) is 18.5 Å². The van der Waals surface area contributed by atoms with Crippen LogP contribution in [0, 0.1) is 13.8 Å². The molecule has 2 aromatic rings. The summed E-state index contributed by atoms with van der Waals surface area (Å²) in [5.74, 6) is 5.80. The van der Waals surface area contributed by atoms with Crippen LogP contribution >= 0.6 is 0 Å². The number of hydrogen-bond donors (Lipinski definition) is 2. The van der Waals surface area contributed by atoms with Gasteiger partial charge in [0.15, 0.2) is 0 Å². The van der Waals surface area contributed by atoms with Crippen molar-refractivity contribution in [2.24, 2.45) is 12.9 Å². The van der Waals surface area contributed by atoms with Crippen LogP contribution in [-0.2, 0) is 19.9 Å². The van der Waals surface area contributed by atoms with Gasteiger partial charge in [-0.05, 0) is 43.4 Å². The predicted molar refractivity (Wildman–Crippen MR) is 82.3 cm³/mol. The van der Waals surface area contributed by atoms with Crippen LogP contribution < -0.4 is 11.3 Å². The first-order valence-corrected chi connectivity index (χ1v) is 7.10. The van der Waals surface area contributed by atoms with Gasteiger partial charge in [0.2, 0.25) is 0 Å². The minimum atomic E-state index is 0.0958. The molecule has 20 heavy (non-hydrogen) atoms. The third-order valence-electron chi connectivity index (χ3n) is 3.90. The van der Waals surface area contributed by atoms with Crippen LogP contribution in [0.25, 0.3) is 0 Å². The van der Waals surface area contributed by atoms with E-state index >= 15 is 0 Å². The normalized spacial score (nSPS) is 12.7. The minimum Gasteiger partial charge on any atom is -0.275 e. The van der Waals surface area contributed by atoms with Crippen LogP contribution in [0.2, 0.25) is 0 Å². The number of nitrogens with one attached hydrogen (secondary N) is 1. The van der Waals surface area contributed by atoms with E-state index in [1.54, 1.807) is 0 Å². The quantitative estimate of drug-likeness (QED) is 0.649. The highest BCUT2D eigenvalue weighted by molar-refractivity contribution is 5.36. The van der Waals surface area contributed by atoms with E-state index in [2.05, 4.69) is 55.7 Å². The third-order valence-corrected chi connectivity index (χ3v) is 3.90. The van der Waals surface area contributed by atoms with Crippen molar-refractivity contribution in [2.45, 2.75) is 39.7 Å². The van der Waals surface area contributed by atoms with Crippen molar-refractivity contribution in [3.05, 3.63) is 52.3 Å². The second-order valence-electron chi connectivity index (χ2n) is 5.35. The highest BCUT2D eigenvalue weighted by atomic mass is 15.3. The fraction of sp³-hybridized carbons (Fsp3) is 0.438. The van der Waals surface area contributed by atoms with Crippen LogP contribution in [0.3, 0.4) is 0 Å². The minimum absolute atomic E-state index is 0.0958. The van der Waals surface area contributed by atoms with Gasteiger partial charge in [-0.3, -0.25) is 16.0 Å². The Kier molecular flexibility index (Phi) is 4.57. The van der Waals surface area contributed by atoms with Crippen molar-refractivity contribution in [3.63, 3.8) is 0 Å². The summed E-state index contributed by atoms with van der Waals surface area (Å²) >= 11 is 0. The number of hydrazine groups is 1. The molecule has 0 saturated carbocycles. The smallest absolute Gasteiger partial charge is 0.0670 e. The summed E-state index contributed by atoms with van der Waals surface area (Å²) in [6.07, 6.45) is 3.87. The summed E-state index contributed by atoms with van der Waals surface area (Å²) in [4.78, 5) is 0. The summed E-state index contributed by atoms with van der Waals surface area (Å²) in [7, 11) is 1.95. The van der Waals surface area contributed by atoms with Crippen molar-refractivity contribution in [3.8, 4) is 0 Å². The molecule has 3 N–H and O–H groups in total. The molecule has 1 atom stereocenters. The number of aryl methyl sites for hydroxylation is 4. The lowest BCUT2D eigenvalue weighted by Gasteiger charge is -2.18. The maximum absolute atomic E-state index is 5.80. The molecule has 0 amide bonds. The summed E-state index contributed by atoms with van der Waals surface area (Å²) < 4.78 is 1.86. The molecule has 4 nitrogen and oxygen atoms in total. The Morgan fingerprint density at radius 2 is 1.95 bits per heavy atom. The van der Waals surface area contributed by atoms with Crippen molar-refractivity contribution < 1.29 is 0 Å². The van der Waals surface area contributed by atoms with Gasteiger partial charge in [-0.15, -0.1) is 0 Å². The lowest BCUT2D eigenvalue weighted by molar-refractivity contribution is 0.545. The average Bonchev–Trinajstić information content (AvgIpc) is 2.80. The van der Waals surface area contributed by atoms with E-state index in [-0.39, 0.29) is 6.04 Å². The molecule has 2 rings (SSSR count). The molecule has 0 aliphatic carbocycles. The molecule has 0 saturated heterocycles. The number of aromatic nitrogens is 2. The van der Waals surface area contributed by atoms with E-state index < -0.39 is 0 Å². The standard InChI is InChI=1S/C16H24N4/c1-5-15-14(10-20(4)19-15)16(18-17)9-13-11(2)7-6-8-12(13)3/h6-8,10,16,18H,5,9,17H2,1-4H3. The van der Waals surface area contributed by atoms with Crippen LogP contribution in [0.1, 0.15) is 40.9 Å². The number of nitrogens with zero attached hydrogens (tertiary/aromatic N) is 2. The molecule has 0 radical (unpaired) electrons. The van der Waals surface area contributed by atoms with E-state index in [9.17, 15) is 0 Å². The zero-order chi connectivity index (χ0) is 14.7. The van der Waals surface area contributed by atoms with Crippen molar-refractivity contribution in [1.29, 1.82) is 0 Å². The maximum atomic E-state index is 5.80. The molecular weight excluding hydrogens is 248 g/mol. The van der Waals surface area contributed by atoms with Gasteiger partial charge in [0.25, 0.3) is 0 Å². The predicted octanol–water partition coefficient (Wildman–Crippen LogP) is 2.35. The molecule has 108 valence electrons. The lowest BCUT2D eigenvalue weighted by atomic mass is 9.93. The second kappa shape index (κ2) is 6.20. The SMILES string of the molecule is CCc1nn(C)cc1C(Cc1c(C)cccc1C)NN. The molecule has 1 aromatic carbocycles. The summed E-state index contributed by atoms with van der Waals surface area (Å²) in [5.41, 5.74) is 9.25. The van der Waals surface area contributed by atoms with Crippen LogP contribution in [0.4, 0.5) is 0 Å². The fourth-order valence-corrected chi connectivity index (χ4v) is 2.75. The number of nitrogens with two attached hydrogens (primary N) is 1. The highest BCUT2D eigenvalue weighted by Gasteiger charge is 2.18. The molecule has 1 heterocycles. The van der Waals surface area contributed by atoms with Gasteiger partial charge in [-0.1, -0.05) is 25.1 Å². The second-order valence-corrected chi connectivity index (χ2v) is 5.35. The Labute approximate surface area is 121 Å².